The molecule has 0 aliphatic carbocycles. The van der Waals surface area contributed by atoms with Crippen LogP contribution >= 0.6 is 11.8 Å². The van der Waals surface area contributed by atoms with Crippen LogP contribution in [0.25, 0.3) is 5.69 Å². The predicted octanol–water partition coefficient (Wildman–Crippen LogP) is 3.13. The number of para-hydroxylation sites is 1. The van der Waals surface area contributed by atoms with Gasteiger partial charge in [-0.1, -0.05) is 49.3 Å². The number of amides is 1. The maximum Gasteiger partial charge on any atom is 0.255 e. The van der Waals surface area contributed by atoms with E-state index in [1.807, 2.05) is 59.5 Å². The summed E-state index contributed by atoms with van der Waals surface area (Å²) in [6.45, 7) is 6.95. The Balaban J connectivity index is 1.46. The summed E-state index contributed by atoms with van der Waals surface area (Å²) < 4.78 is 1.74. The van der Waals surface area contributed by atoms with Crippen molar-refractivity contribution in [1.82, 2.24) is 25.1 Å². The first-order chi connectivity index (χ1) is 14.1. The van der Waals surface area contributed by atoms with E-state index in [1.54, 1.807) is 16.4 Å². The number of hydrogen-bond donors (Lipinski definition) is 0. The summed E-state index contributed by atoms with van der Waals surface area (Å²) in [5.74, 6) is 0.801. The maximum absolute atomic E-state index is 13.1. The minimum atomic E-state index is 0.0936. The van der Waals surface area contributed by atoms with E-state index in [0.717, 1.165) is 16.1 Å². The molecule has 1 aromatic heterocycles. The van der Waals surface area contributed by atoms with Crippen molar-refractivity contribution in [3.63, 3.8) is 0 Å². The SMILES string of the molecule is CC(C)Sc1ccccc1C(=O)N1CCN(c2nnnn2-c2ccccc2)CC1. The monoisotopic (exact) mass is 408 g/mol. The number of carbonyl (C=O) groups excluding carboxylic acids is 1. The molecule has 0 unspecified atom stereocenters. The summed E-state index contributed by atoms with van der Waals surface area (Å²) in [6.07, 6.45) is 0. The van der Waals surface area contributed by atoms with Gasteiger partial charge in [0.1, 0.15) is 0 Å². The van der Waals surface area contributed by atoms with Crippen molar-refractivity contribution in [3.8, 4) is 5.69 Å². The lowest BCUT2D eigenvalue weighted by atomic mass is 10.2. The van der Waals surface area contributed by atoms with Gasteiger partial charge in [0, 0.05) is 36.3 Å². The molecule has 3 aromatic rings. The highest BCUT2D eigenvalue weighted by Crippen LogP contribution is 2.28. The molecular formula is C21H24N6OS. The van der Waals surface area contributed by atoms with E-state index in [0.29, 0.717) is 37.4 Å². The van der Waals surface area contributed by atoms with E-state index >= 15 is 0 Å². The zero-order valence-corrected chi connectivity index (χ0v) is 17.4. The fourth-order valence-electron chi connectivity index (χ4n) is 3.40. The van der Waals surface area contributed by atoms with Crippen LogP contribution < -0.4 is 4.90 Å². The van der Waals surface area contributed by atoms with Crippen LogP contribution in [0.2, 0.25) is 0 Å². The first kappa shape index (κ1) is 19.4. The van der Waals surface area contributed by atoms with Gasteiger partial charge in [-0.25, -0.2) is 0 Å². The van der Waals surface area contributed by atoms with E-state index in [9.17, 15) is 4.79 Å². The van der Waals surface area contributed by atoms with Crippen LogP contribution in [-0.4, -0.2) is 62.4 Å². The van der Waals surface area contributed by atoms with Crippen LogP contribution in [0.3, 0.4) is 0 Å². The second-order valence-electron chi connectivity index (χ2n) is 7.17. The van der Waals surface area contributed by atoms with E-state index < -0.39 is 0 Å². The molecule has 1 amide bonds. The summed E-state index contributed by atoms with van der Waals surface area (Å²) in [6, 6.07) is 17.7. The Bertz CT molecular complexity index is 966. The molecule has 2 heterocycles. The van der Waals surface area contributed by atoms with Gasteiger partial charge in [0.05, 0.1) is 11.3 Å². The Kier molecular flexibility index (Phi) is 5.80. The number of carbonyl (C=O) groups is 1. The number of nitrogens with zero attached hydrogens (tertiary/aromatic N) is 6. The molecule has 150 valence electrons. The number of thioether (sulfide) groups is 1. The molecule has 0 N–H and O–H groups in total. The highest BCUT2D eigenvalue weighted by atomic mass is 32.2. The van der Waals surface area contributed by atoms with Gasteiger partial charge in [-0.3, -0.25) is 4.79 Å². The minimum absolute atomic E-state index is 0.0936. The van der Waals surface area contributed by atoms with Gasteiger partial charge in [-0.05, 0) is 34.7 Å². The maximum atomic E-state index is 13.1. The summed E-state index contributed by atoms with van der Waals surface area (Å²) in [5, 5.41) is 12.6. The van der Waals surface area contributed by atoms with Gasteiger partial charge in [0.25, 0.3) is 5.91 Å². The molecule has 1 fully saturated rings. The number of rotatable bonds is 5. The third-order valence-electron chi connectivity index (χ3n) is 4.78. The van der Waals surface area contributed by atoms with Gasteiger partial charge >= 0.3 is 0 Å². The van der Waals surface area contributed by atoms with Gasteiger partial charge < -0.3 is 9.80 Å². The van der Waals surface area contributed by atoms with Gasteiger partial charge in [-0.2, -0.15) is 4.68 Å². The molecule has 1 aliphatic heterocycles. The van der Waals surface area contributed by atoms with Crippen molar-refractivity contribution >= 4 is 23.6 Å². The lowest BCUT2D eigenvalue weighted by Crippen LogP contribution is -2.49. The fourth-order valence-corrected chi connectivity index (χ4v) is 4.34. The average Bonchev–Trinajstić information content (AvgIpc) is 3.24. The number of piperazine rings is 1. The van der Waals surface area contributed by atoms with Crippen molar-refractivity contribution in [1.29, 1.82) is 0 Å². The third kappa shape index (κ3) is 4.27. The quantitative estimate of drug-likeness (QED) is 0.605. The molecule has 2 aromatic carbocycles. The van der Waals surface area contributed by atoms with Crippen LogP contribution in [0.1, 0.15) is 24.2 Å². The minimum Gasteiger partial charge on any atom is -0.336 e. The van der Waals surface area contributed by atoms with Crippen molar-refractivity contribution < 1.29 is 4.79 Å². The largest absolute Gasteiger partial charge is 0.336 e. The number of benzene rings is 2. The molecule has 4 rings (SSSR count). The van der Waals surface area contributed by atoms with Crippen LogP contribution in [0.4, 0.5) is 5.95 Å². The molecule has 7 nitrogen and oxygen atoms in total. The lowest BCUT2D eigenvalue weighted by molar-refractivity contribution is 0.0742. The summed E-state index contributed by atoms with van der Waals surface area (Å²) >= 11 is 1.73. The van der Waals surface area contributed by atoms with E-state index in [2.05, 4.69) is 34.3 Å². The second-order valence-corrected chi connectivity index (χ2v) is 8.79. The topological polar surface area (TPSA) is 67.2 Å². The number of anilines is 1. The molecular weight excluding hydrogens is 384 g/mol. The zero-order chi connectivity index (χ0) is 20.2. The molecule has 0 spiro atoms. The first-order valence-electron chi connectivity index (χ1n) is 9.77. The van der Waals surface area contributed by atoms with Crippen LogP contribution in [0.15, 0.2) is 59.5 Å². The molecule has 29 heavy (non-hydrogen) atoms. The van der Waals surface area contributed by atoms with Crippen LogP contribution in [0.5, 0.6) is 0 Å². The number of hydrogen-bond acceptors (Lipinski definition) is 6. The predicted molar refractivity (Wildman–Crippen MR) is 115 cm³/mol. The second kappa shape index (κ2) is 8.65. The third-order valence-corrected chi connectivity index (χ3v) is 5.87. The Labute approximate surface area is 174 Å². The average molecular weight is 409 g/mol. The first-order valence-corrected chi connectivity index (χ1v) is 10.6. The Morgan fingerprint density at radius 1 is 0.966 bits per heavy atom. The Hall–Kier alpha value is -2.87. The highest BCUT2D eigenvalue weighted by molar-refractivity contribution is 8.00. The molecule has 1 aliphatic rings. The van der Waals surface area contributed by atoms with Gasteiger partial charge in [0.2, 0.25) is 5.95 Å². The molecule has 0 saturated carbocycles. The van der Waals surface area contributed by atoms with Crippen molar-refractivity contribution in [3.05, 3.63) is 60.2 Å². The Morgan fingerprint density at radius 3 is 2.38 bits per heavy atom. The van der Waals surface area contributed by atoms with Crippen molar-refractivity contribution in [2.45, 2.75) is 24.0 Å². The smallest absolute Gasteiger partial charge is 0.255 e. The molecule has 0 bridgehead atoms. The van der Waals surface area contributed by atoms with Gasteiger partial charge in [-0.15, -0.1) is 11.8 Å². The molecule has 8 heteroatoms. The van der Waals surface area contributed by atoms with Crippen LogP contribution in [0, 0.1) is 0 Å². The number of tetrazole rings is 1. The summed E-state index contributed by atoms with van der Waals surface area (Å²) in [5.41, 5.74) is 1.71. The highest BCUT2D eigenvalue weighted by Gasteiger charge is 2.26. The van der Waals surface area contributed by atoms with Gasteiger partial charge in [0.15, 0.2) is 0 Å². The normalized spacial score (nSPS) is 14.4. The van der Waals surface area contributed by atoms with Crippen LogP contribution in [-0.2, 0) is 0 Å². The molecule has 1 saturated heterocycles. The summed E-state index contributed by atoms with van der Waals surface area (Å²) in [7, 11) is 0. The van der Waals surface area contributed by atoms with Crippen molar-refractivity contribution in [2.75, 3.05) is 31.1 Å². The standard InChI is InChI=1S/C21H24N6OS/c1-16(2)29-19-11-7-6-10-18(19)20(28)25-12-14-26(15-13-25)21-22-23-24-27(21)17-8-4-3-5-9-17/h3-11,16H,12-15H2,1-2H3. The molecule has 0 radical (unpaired) electrons. The van der Waals surface area contributed by atoms with E-state index in [4.69, 9.17) is 0 Å². The van der Waals surface area contributed by atoms with E-state index in [-0.39, 0.29) is 5.91 Å². The van der Waals surface area contributed by atoms with Crippen molar-refractivity contribution in [2.24, 2.45) is 0 Å². The zero-order valence-electron chi connectivity index (χ0n) is 16.6. The Morgan fingerprint density at radius 2 is 1.66 bits per heavy atom. The summed E-state index contributed by atoms with van der Waals surface area (Å²) in [4.78, 5) is 18.2. The van der Waals surface area contributed by atoms with E-state index in [1.165, 1.54) is 0 Å². The number of aromatic nitrogens is 4. The molecule has 0 atom stereocenters. The fraction of sp³-hybridized carbons (Fsp3) is 0.333. The lowest BCUT2D eigenvalue weighted by Gasteiger charge is -2.35.